The Morgan fingerprint density at radius 1 is 1.22 bits per heavy atom. The molecule has 32 heavy (non-hydrogen) atoms. The number of anilines is 1. The number of hydrogen-bond acceptors (Lipinski definition) is 5. The smallest absolute Gasteiger partial charge is 0.225 e. The number of fused-ring (bicyclic) bond motifs is 1. The van der Waals surface area contributed by atoms with Gasteiger partial charge in [-0.1, -0.05) is 29.3 Å². The lowest BCUT2D eigenvalue weighted by atomic mass is 10.1. The maximum atomic E-state index is 12.7. The van der Waals surface area contributed by atoms with Crippen LogP contribution in [-0.2, 0) is 17.8 Å². The van der Waals surface area contributed by atoms with Gasteiger partial charge in [0.1, 0.15) is 17.5 Å². The Labute approximate surface area is 194 Å². The van der Waals surface area contributed by atoms with Crippen molar-refractivity contribution in [2.45, 2.75) is 33.2 Å². The zero-order chi connectivity index (χ0) is 22.8. The van der Waals surface area contributed by atoms with Crippen molar-refractivity contribution in [2.75, 3.05) is 5.32 Å². The van der Waals surface area contributed by atoms with Gasteiger partial charge in [-0.25, -0.2) is 14.2 Å². The minimum absolute atomic E-state index is 0.147. The van der Waals surface area contributed by atoms with E-state index in [4.69, 9.17) is 23.2 Å². The van der Waals surface area contributed by atoms with Crippen LogP contribution in [0.3, 0.4) is 0 Å². The zero-order valence-electron chi connectivity index (χ0n) is 17.4. The van der Waals surface area contributed by atoms with Gasteiger partial charge in [0.2, 0.25) is 5.91 Å². The first-order valence-electron chi connectivity index (χ1n) is 9.87. The van der Waals surface area contributed by atoms with E-state index < -0.39 is 0 Å². The molecule has 0 unspecified atom stereocenters. The molecule has 1 N–H and O–H groups in total. The lowest BCUT2D eigenvalue weighted by Gasteiger charge is -2.12. The summed E-state index contributed by atoms with van der Waals surface area (Å²) < 4.78 is 3.31. The van der Waals surface area contributed by atoms with Crippen LogP contribution in [0.25, 0.3) is 5.65 Å². The Morgan fingerprint density at radius 3 is 2.78 bits per heavy atom. The van der Waals surface area contributed by atoms with Gasteiger partial charge < -0.3 is 5.32 Å². The molecular weight excluding hydrogens is 449 g/mol. The third-order valence-electron chi connectivity index (χ3n) is 5.25. The Balaban J connectivity index is 1.46. The van der Waals surface area contributed by atoms with Crippen LogP contribution < -0.4 is 5.32 Å². The number of carbonyl (C=O) groups excluding carboxylic acids is 1. The van der Waals surface area contributed by atoms with E-state index in [1.165, 1.54) is 6.20 Å². The fourth-order valence-electron chi connectivity index (χ4n) is 3.57. The summed E-state index contributed by atoms with van der Waals surface area (Å²) in [7, 11) is 0. The molecule has 10 heteroatoms. The lowest BCUT2D eigenvalue weighted by Crippen LogP contribution is -2.17. The minimum Gasteiger partial charge on any atom is -0.311 e. The molecule has 3 aromatic heterocycles. The molecule has 4 rings (SSSR count). The molecule has 0 atom stereocenters. The second-order valence-electron chi connectivity index (χ2n) is 7.32. The average Bonchev–Trinajstić information content (AvgIpc) is 3.36. The number of amides is 1. The van der Waals surface area contributed by atoms with Crippen LogP contribution in [0.2, 0.25) is 10.0 Å². The van der Waals surface area contributed by atoms with Crippen molar-refractivity contribution >= 4 is 40.6 Å². The summed E-state index contributed by atoms with van der Waals surface area (Å²) in [6.07, 6.45) is 3.87. The van der Waals surface area contributed by atoms with Gasteiger partial charge in [0.05, 0.1) is 18.9 Å². The number of aromatic nitrogens is 5. The van der Waals surface area contributed by atoms with Gasteiger partial charge in [-0.05, 0) is 43.5 Å². The molecule has 0 radical (unpaired) electrons. The number of aryl methyl sites for hydroxylation is 2. The number of rotatable bonds is 6. The molecule has 0 aliphatic rings. The predicted molar refractivity (Wildman–Crippen MR) is 122 cm³/mol. The van der Waals surface area contributed by atoms with E-state index in [2.05, 4.69) is 26.6 Å². The number of nitriles is 1. The minimum atomic E-state index is -0.147. The first-order valence-corrected chi connectivity index (χ1v) is 10.6. The first kappa shape index (κ1) is 21.8. The van der Waals surface area contributed by atoms with Crippen LogP contribution in [0.15, 0.2) is 36.7 Å². The summed E-state index contributed by atoms with van der Waals surface area (Å²) in [4.78, 5) is 17.2. The normalized spacial score (nSPS) is 11.0. The van der Waals surface area contributed by atoms with E-state index in [-0.39, 0.29) is 12.3 Å². The molecule has 0 fully saturated rings. The highest BCUT2D eigenvalue weighted by atomic mass is 35.5. The second-order valence-corrected chi connectivity index (χ2v) is 8.17. The highest BCUT2D eigenvalue weighted by molar-refractivity contribution is 6.35. The molecule has 0 spiro atoms. The van der Waals surface area contributed by atoms with Crippen LogP contribution in [0.5, 0.6) is 0 Å². The maximum absolute atomic E-state index is 12.7. The molecule has 162 valence electrons. The van der Waals surface area contributed by atoms with Gasteiger partial charge >= 0.3 is 0 Å². The van der Waals surface area contributed by atoms with E-state index in [0.717, 1.165) is 22.5 Å². The average molecular weight is 468 g/mol. The van der Waals surface area contributed by atoms with Crippen molar-refractivity contribution < 1.29 is 4.79 Å². The van der Waals surface area contributed by atoms with E-state index in [0.29, 0.717) is 40.0 Å². The molecule has 0 aliphatic heterocycles. The number of benzene rings is 1. The first-order chi connectivity index (χ1) is 15.4. The zero-order valence-corrected chi connectivity index (χ0v) is 18.9. The van der Waals surface area contributed by atoms with E-state index in [1.54, 1.807) is 33.6 Å². The van der Waals surface area contributed by atoms with Crippen molar-refractivity contribution in [3.05, 3.63) is 74.8 Å². The second kappa shape index (κ2) is 8.99. The van der Waals surface area contributed by atoms with Crippen LogP contribution in [0, 0.1) is 25.2 Å². The summed E-state index contributed by atoms with van der Waals surface area (Å²) in [5.41, 5.74) is 4.38. The molecular formula is C22H19Cl2N7O. The summed E-state index contributed by atoms with van der Waals surface area (Å²) >= 11 is 12.2. The fraction of sp³-hybridized carbons (Fsp3) is 0.227. The van der Waals surface area contributed by atoms with Gasteiger partial charge in [0.25, 0.3) is 0 Å². The number of halogens is 2. The molecule has 8 nitrogen and oxygen atoms in total. The molecule has 0 saturated heterocycles. The molecule has 4 aromatic rings. The largest absolute Gasteiger partial charge is 0.311 e. The van der Waals surface area contributed by atoms with Gasteiger partial charge in [-0.15, -0.1) is 0 Å². The van der Waals surface area contributed by atoms with Crippen LogP contribution in [0.4, 0.5) is 5.82 Å². The van der Waals surface area contributed by atoms with Gasteiger partial charge in [0, 0.05) is 33.9 Å². The molecule has 1 aromatic carbocycles. The topological polar surface area (TPSA) is 101 Å². The van der Waals surface area contributed by atoms with Crippen LogP contribution >= 0.6 is 23.2 Å². The van der Waals surface area contributed by atoms with Crippen molar-refractivity contribution in [1.82, 2.24) is 24.4 Å². The van der Waals surface area contributed by atoms with Crippen molar-refractivity contribution in [3.8, 4) is 6.07 Å². The Kier molecular flexibility index (Phi) is 6.12. The number of nitrogens with one attached hydrogen (secondary N) is 1. The van der Waals surface area contributed by atoms with Crippen molar-refractivity contribution in [1.29, 1.82) is 5.26 Å². The Morgan fingerprint density at radius 2 is 2.03 bits per heavy atom. The standard InChI is InChI=1S/C22H19Cl2N7O/c1-13-18(14(2)31-22(28-13)16(10-25)11-27-31)5-6-21(32)29-20-7-8-26-30(20)12-15-3-4-17(23)9-19(15)24/h3-4,7-9,11H,5-6,12H2,1-2H3,(H,29,32). The summed E-state index contributed by atoms with van der Waals surface area (Å²) in [6.45, 7) is 4.19. The summed E-state index contributed by atoms with van der Waals surface area (Å²) in [5.74, 6) is 0.430. The molecule has 0 aliphatic carbocycles. The summed E-state index contributed by atoms with van der Waals surface area (Å²) in [5, 5.41) is 21.7. The SMILES string of the molecule is Cc1nc2c(C#N)cnn2c(C)c1CCC(=O)Nc1ccnn1Cc1ccc(Cl)cc1Cl. The molecule has 1 amide bonds. The molecule has 0 saturated carbocycles. The number of carbonyl (C=O) groups is 1. The predicted octanol–water partition coefficient (Wildman–Crippen LogP) is 4.34. The lowest BCUT2D eigenvalue weighted by molar-refractivity contribution is -0.116. The van der Waals surface area contributed by atoms with E-state index in [9.17, 15) is 10.1 Å². The third kappa shape index (κ3) is 4.31. The third-order valence-corrected chi connectivity index (χ3v) is 5.84. The number of nitrogens with zero attached hydrogens (tertiary/aromatic N) is 6. The Hall–Kier alpha value is -3.41. The quantitative estimate of drug-likeness (QED) is 0.454. The van der Waals surface area contributed by atoms with Gasteiger partial charge in [-0.3, -0.25) is 4.79 Å². The Bertz CT molecular complexity index is 1370. The van der Waals surface area contributed by atoms with Crippen LogP contribution in [-0.4, -0.2) is 30.3 Å². The summed E-state index contributed by atoms with van der Waals surface area (Å²) in [6, 6.07) is 9.10. The molecule has 3 heterocycles. The number of hydrogen-bond donors (Lipinski definition) is 1. The van der Waals surface area contributed by atoms with E-state index in [1.807, 2.05) is 19.9 Å². The van der Waals surface area contributed by atoms with Crippen LogP contribution in [0.1, 0.15) is 34.5 Å². The monoisotopic (exact) mass is 467 g/mol. The van der Waals surface area contributed by atoms with Crippen molar-refractivity contribution in [2.24, 2.45) is 0 Å². The highest BCUT2D eigenvalue weighted by Gasteiger charge is 2.16. The van der Waals surface area contributed by atoms with Gasteiger partial charge in [0.15, 0.2) is 5.65 Å². The molecule has 0 bridgehead atoms. The van der Waals surface area contributed by atoms with Gasteiger partial charge in [-0.2, -0.15) is 15.5 Å². The maximum Gasteiger partial charge on any atom is 0.225 e. The fourth-order valence-corrected chi connectivity index (χ4v) is 4.04. The van der Waals surface area contributed by atoms with E-state index >= 15 is 0 Å². The highest BCUT2D eigenvalue weighted by Crippen LogP contribution is 2.23. The van der Waals surface area contributed by atoms with Crippen molar-refractivity contribution in [3.63, 3.8) is 0 Å².